The molecule has 0 unspecified atom stereocenters. The van der Waals surface area contributed by atoms with E-state index in [9.17, 15) is 0 Å². The van der Waals surface area contributed by atoms with E-state index < -0.39 is 0 Å². The molecule has 0 aliphatic rings. The van der Waals surface area contributed by atoms with Crippen LogP contribution in [-0.4, -0.2) is 14.2 Å². The fourth-order valence-corrected chi connectivity index (χ4v) is 1.41. The van der Waals surface area contributed by atoms with Gasteiger partial charge in [0.25, 0.3) is 0 Å². The molecule has 0 radical (unpaired) electrons. The van der Waals surface area contributed by atoms with Crippen molar-refractivity contribution in [1.82, 2.24) is 0 Å². The summed E-state index contributed by atoms with van der Waals surface area (Å²) in [6.07, 6.45) is 0. The molecule has 2 aromatic rings. The van der Waals surface area contributed by atoms with Gasteiger partial charge in [-0.15, -0.1) is 0 Å². The minimum Gasteiger partial charge on any atom is -0.497 e. The Labute approximate surface area is 106 Å². The molecule has 0 fully saturated rings. The van der Waals surface area contributed by atoms with Gasteiger partial charge in [0.2, 0.25) is 0 Å². The van der Waals surface area contributed by atoms with E-state index in [0.717, 1.165) is 22.9 Å². The average Bonchev–Trinajstić information content (AvgIpc) is 2.46. The summed E-state index contributed by atoms with van der Waals surface area (Å²) in [7, 11) is 3.27. The molecule has 4 heteroatoms. The van der Waals surface area contributed by atoms with E-state index >= 15 is 0 Å². The lowest BCUT2D eigenvalue weighted by molar-refractivity contribution is 0.414. The number of rotatable bonds is 4. The first kappa shape index (κ1) is 12.1. The van der Waals surface area contributed by atoms with Gasteiger partial charge in [-0.25, -0.2) is 0 Å². The molecule has 0 spiro atoms. The number of hydrogen-bond acceptors (Lipinski definition) is 4. The van der Waals surface area contributed by atoms with E-state index in [2.05, 4.69) is 10.2 Å². The normalized spacial score (nSPS) is 10.6. The SMILES string of the molecule is COc1ccc(N=Nc2ccc(OC)cc2)cc1. The van der Waals surface area contributed by atoms with Crippen LogP contribution in [0.4, 0.5) is 11.4 Å². The van der Waals surface area contributed by atoms with Crippen molar-refractivity contribution in [2.24, 2.45) is 10.2 Å². The lowest BCUT2D eigenvalue weighted by atomic mass is 10.3. The Morgan fingerprint density at radius 2 is 0.944 bits per heavy atom. The van der Waals surface area contributed by atoms with Crippen LogP contribution in [0, 0.1) is 0 Å². The van der Waals surface area contributed by atoms with Gasteiger partial charge >= 0.3 is 0 Å². The maximum Gasteiger partial charge on any atom is 0.119 e. The summed E-state index contributed by atoms with van der Waals surface area (Å²) >= 11 is 0. The molecule has 2 rings (SSSR count). The van der Waals surface area contributed by atoms with Crippen LogP contribution in [0.15, 0.2) is 58.8 Å². The van der Waals surface area contributed by atoms with Gasteiger partial charge in [0.05, 0.1) is 25.6 Å². The summed E-state index contributed by atoms with van der Waals surface area (Å²) in [5.74, 6) is 1.61. The van der Waals surface area contributed by atoms with Crippen LogP contribution in [0.1, 0.15) is 0 Å². The van der Waals surface area contributed by atoms with E-state index in [1.165, 1.54) is 0 Å². The molecular weight excluding hydrogens is 228 g/mol. The topological polar surface area (TPSA) is 43.2 Å². The number of nitrogens with zero attached hydrogens (tertiary/aromatic N) is 2. The van der Waals surface area contributed by atoms with Crippen LogP contribution in [0.5, 0.6) is 11.5 Å². The molecule has 0 aliphatic heterocycles. The molecule has 0 aliphatic carbocycles. The average molecular weight is 242 g/mol. The van der Waals surface area contributed by atoms with Gasteiger partial charge in [0.15, 0.2) is 0 Å². The second kappa shape index (κ2) is 5.82. The summed E-state index contributed by atoms with van der Waals surface area (Å²) in [5.41, 5.74) is 1.57. The minimum absolute atomic E-state index is 0.784. The smallest absolute Gasteiger partial charge is 0.119 e. The van der Waals surface area contributed by atoms with Crippen molar-refractivity contribution in [3.8, 4) is 11.5 Å². The first-order valence-electron chi connectivity index (χ1n) is 5.51. The molecule has 0 saturated heterocycles. The quantitative estimate of drug-likeness (QED) is 0.757. The van der Waals surface area contributed by atoms with Gasteiger partial charge in [-0.05, 0) is 48.5 Å². The first-order chi connectivity index (χ1) is 8.81. The maximum absolute atomic E-state index is 5.07. The summed E-state index contributed by atoms with van der Waals surface area (Å²) in [6.45, 7) is 0. The Bertz CT molecular complexity index is 469. The third-order valence-corrected chi connectivity index (χ3v) is 2.43. The fourth-order valence-electron chi connectivity index (χ4n) is 1.41. The molecule has 0 atom stereocenters. The van der Waals surface area contributed by atoms with Crippen molar-refractivity contribution in [1.29, 1.82) is 0 Å². The molecule has 18 heavy (non-hydrogen) atoms. The Kier molecular flexibility index (Phi) is 3.91. The lowest BCUT2D eigenvalue weighted by Gasteiger charge is -1.99. The molecule has 4 nitrogen and oxygen atoms in total. The van der Waals surface area contributed by atoms with E-state index in [-0.39, 0.29) is 0 Å². The first-order valence-corrected chi connectivity index (χ1v) is 5.51. The molecular formula is C14H14N2O2. The predicted molar refractivity (Wildman–Crippen MR) is 70.2 cm³/mol. The zero-order chi connectivity index (χ0) is 12.8. The van der Waals surface area contributed by atoms with Crippen LogP contribution in [0.25, 0.3) is 0 Å². The standard InChI is InChI=1S/C14H14N2O2/c1-17-13-7-3-11(4-8-13)15-16-12-5-9-14(18-2)10-6-12/h3-10H,1-2H3. The number of hydrogen-bond donors (Lipinski definition) is 0. The molecule has 0 heterocycles. The second-order valence-corrected chi connectivity index (χ2v) is 3.60. The maximum atomic E-state index is 5.07. The zero-order valence-corrected chi connectivity index (χ0v) is 10.3. The van der Waals surface area contributed by atoms with Gasteiger partial charge in [0.1, 0.15) is 11.5 Å². The lowest BCUT2D eigenvalue weighted by Crippen LogP contribution is -1.80. The Morgan fingerprint density at radius 3 is 1.22 bits per heavy atom. The largest absolute Gasteiger partial charge is 0.497 e. The van der Waals surface area contributed by atoms with Crippen molar-refractivity contribution in [3.63, 3.8) is 0 Å². The van der Waals surface area contributed by atoms with Crippen molar-refractivity contribution in [2.75, 3.05) is 14.2 Å². The summed E-state index contributed by atoms with van der Waals surface area (Å²) in [4.78, 5) is 0. The highest BCUT2D eigenvalue weighted by Crippen LogP contribution is 2.22. The van der Waals surface area contributed by atoms with Crippen LogP contribution < -0.4 is 9.47 Å². The monoisotopic (exact) mass is 242 g/mol. The highest BCUT2D eigenvalue weighted by atomic mass is 16.5. The Hall–Kier alpha value is -2.36. The molecule has 2 aromatic carbocycles. The summed E-state index contributed by atoms with van der Waals surface area (Å²) in [6, 6.07) is 14.8. The third kappa shape index (κ3) is 3.07. The van der Waals surface area contributed by atoms with E-state index in [4.69, 9.17) is 9.47 Å². The second-order valence-electron chi connectivity index (χ2n) is 3.60. The number of azo groups is 1. The third-order valence-electron chi connectivity index (χ3n) is 2.43. The molecule has 0 N–H and O–H groups in total. The van der Waals surface area contributed by atoms with E-state index in [1.807, 2.05) is 48.5 Å². The van der Waals surface area contributed by atoms with Crippen LogP contribution in [-0.2, 0) is 0 Å². The highest BCUT2D eigenvalue weighted by Gasteiger charge is 1.94. The molecule has 92 valence electrons. The minimum atomic E-state index is 0.784. The van der Waals surface area contributed by atoms with Gasteiger partial charge in [-0.3, -0.25) is 0 Å². The number of methoxy groups -OCH3 is 2. The van der Waals surface area contributed by atoms with Crippen LogP contribution >= 0.6 is 0 Å². The predicted octanol–water partition coefficient (Wildman–Crippen LogP) is 4.12. The van der Waals surface area contributed by atoms with Crippen molar-refractivity contribution in [3.05, 3.63) is 48.5 Å². The van der Waals surface area contributed by atoms with Crippen molar-refractivity contribution < 1.29 is 9.47 Å². The van der Waals surface area contributed by atoms with Gasteiger partial charge < -0.3 is 9.47 Å². The van der Waals surface area contributed by atoms with Crippen molar-refractivity contribution in [2.45, 2.75) is 0 Å². The van der Waals surface area contributed by atoms with Gasteiger partial charge in [-0.2, -0.15) is 10.2 Å². The molecule has 0 bridgehead atoms. The fraction of sp³-hybridized carbons (Fsp3) is 0.143. The molecule has 0 saturated carbocycles. The zero-order valence-electron chi connectivity index (χ0n) is 10.3. The summed E-state index contributed by atoms with van der Waals surface area (Å²) < 4.78 is 10.1. The van der Waals surface area contributed by atoms with Gasteiger partial charge in [0, 0.05) is 0 Å². The molecule has 0 aromatic heterocycles. The highest BCUT2D eigenvalue weighted by molar-refractivity contribution is 5.44. The van der Waals surface area contributed by atoms with Gasteiger partial charge in [-0.1, -0.05) is 0 Å². The van der Waals surface area contributed by atoms with E-state index in [0.29, 0.717) is 0 Å². The summed E-state index contributed by atoms with van der Waals surface area (Å²) in [5, 5.41) is 8.27. The Balaban J connectivity index is 2.08. The van der Waals surface area contributed by atoms with Crippen LogP contribution in [0.2, 0.25) is 0 Å². The molecule has 0 amide bonds. The Morgan fingerprint density at radius 1 is 0.611 bits per heavy atom. The van der Waals surface area contributed by atoms with E-state index in [1.54, 1.807) is 14.2 Å². The number of ether oxygens (including phenoxy) is 2. The van der Waals surface area contributed by atoms with Crippen LogP contribution in [0.3, 0.4) is 0 Å². The number of benzene rings is 2. The van der Waals surface area contributed by atoms with Crippen molar-refractivity contribution >= 4 is 11.4 Å².